The Bertz CT molecular complexity index is 573. The van der Waals surface area contributed by atoms with Crippen LogP contribution in [0.1, 0.15) is 18.1 Å². The summed E-state index contributed by atoms with van der Waals surface area (Å²) in [5.74, 6) is 0. The summed E-state index contributed by atoms with van der Waals surface area (Å²) >= 11 is 3.35. The first-order valence-electron chi connectivity index (χ1n) is 5.17. The van der Waals surface area contributed by atoms with Gasteiger partial charge in [-0.25, -0.2) is 0 Å². The summed E-state index contributed by atoms with van der Waals surface area (Å²) in [6.07, 6.45) is 2.93. The van der Waals surface area contributed by atoms with E-state index in [0.29, 0.717) is 0 Å². The average Bonchev–Trinajstić information content (AvgIpc) is 2.86. The fraction of sp³-hybridized carbons (Fsp3) is 0.250. The van der Waals surface area contributed by atoms with E-state index in [1.165, 1.54) is 16.5 Å². The average molecular weight is 279 g/mol. The molecule has 4 heteroatoms. The molecule has 0 fully saturated rings. The molecule has 3 nitrogen and oxygen atoms in total. The van der Waals surface area contributed by atoms with E-state index in [2.05, 4.69) is 56.1 Å². The molecule has 0 saturated heterocycles. The quantitative estimate of drug-likeness (QED) is 0.786. The summed E-state index contributed by atoms with van der Waals surface area (Å²) in [5.41, 5.74) is 2.40. The van der Waals surface area contributed by atoms with E-state index in [0.717, 1.165) is 11.0 Å². The zero-order valence-corrected chi connectivity index (χ0v) is 10.4. The van der Waals surface area contributed by atoms with Gasteiger partial charge in [-0.2, -0.15) is 0 Å². The molecule has 0 N–H and O–H groups in total. The van der Waals surface area contributed by atoms with Gasteiger partial charge in [-0.15, -0.1) is 0 Å². The number of fused-ring (bicyclic) bond motifs is 1. The summed E-state index contributed by atoms with van der Waals surface area (Å²) < 4.78 is 2.99. The van der Waals surface area contributed by atoms with Crippen molar-refractivity contribution in [3.05, 3.63) is 36.0 Å². The Kier molecular flexibility index (Phi) is 2.24. The Morgan fingerprint density at radius 2 is 2.31 bits per heavy atom. The number of halogens is 1. The molecule has 1 aromatic carbocycles. The highest BCUT2D eigenvalue weighted by molar-refractivity contribution is 9.18. The van der Waals surface area contributed by atoms with Crippen molar-refractivity contribution in [2.45, 2.75) is 12.5 Å². The second-order valence-corrected chi connectivity index (χ2v) is 4.93. The summed E-state index contributed by atoms with van der Waals surface area (Å²) in [4.78, 5) is 5.35. The predicted octanol–water partition coefficient (Wildman–Crippen LogP) is 3.35. The Morgan fingerprint density at radius 1 is 1.44 bits per heavy atom. The van der Waals surface area contributed by atoms with E-state index in [-0.39, 0.29) is 6.10 Å². The SMILES string of the molecule is Cn1ccc2ccc([C@H]3CC(Br)=NO3)cc21. The first-order chi connectivity index (χ1) is 7.74. The number of benzene rings is 1. The molecule has 16 heavy (non-hydrogen) atoms. The zero-order chi connectivity index (χ0) is 11.1. The van der Waals surface area contributed by atoms with Gasteiger partial charge in [-0.05, 0) is 39.0 Å². The summed E-state index contributed by atoms with van der Waals surface area (Å²) in [6, 6.07) is 8.51. The normalized spacial score (nSPS) is 19.9. The summed E-state index contributed by atoms with van der Waals surface area (Å²) in [5, 5.41) is 5.16. The largest absolute Gasteiger partial charge is 0.386 e. The lowest BCUT2D eigenvalue weighted by Crippen LogP contribution is -1.97. The van der Waals surface area contributed by atoms with E-state index < -0.39 is 0 Å². The van der Waals surface area contributed by atoms with Gasteiger partial charge in [0.05, 0.1) is 0 Å². The second-order valence-electron chi connectivity index (χ2n) is 4.01. The van der Waals surface area contributed by atoms with Gasteiger partial charge >= 0.3 is 0 Å². The maximum Gasteiger partial charge on any atom is 0.158 e. The maximum absolute atomic E-state index is 5.35. The van der Waals surface area contributed by atoms with Crippen molar-refractivity contribution in [2.75, 3.05) is 0 Å². The van der Waals surface area contributed by atoms with Crippen molar-refractivity contribution in [3.63, 3.8) is 0 Å². The molecule has 2 aromatic rings. The van der Waals surface area contributed by atoms with Crippen molar-refractivity contribution in [2.24, 2.45) is 12.2 Å². The molecule has 0 bridgehead atoms. The number of nitrogens with zero attached hydrogens (tertiary/aromatic N) is 2. The van der Waals surface area contributed by atoms with E-state index >= 15 is 0 Å². The van der Waals surface area contributed by atoms with Crippen molar-refractivity contribution < 1.29 is 4.84 Å². The molecule has 1 aliphatic rings. The van der Waals surface area contributed by atoms with E-state index in [4.69, 9.17) is 4.84 Å². The third-order valence-electron chi connectivity index (χ3n) is 2.92. The molecule has 0 aliphatic carbocycles. The van der Waals surface area contributed by atoms with Gasteiger partial charge in [0.1, 0.15) is 4.62 Å². The fourth-order valence-electron chi connectivity index (χ4n) is 2.01. The molecule has 0 unspecified atom stereocenters. The Labute approximate surface area is 102 Å². The molecule has 0 saturated carbocycles. The van der Waals surface area contributed by atoms with Crippen LogP contribution < -0.4 is 0 Å². The van der Waals surface area contributed by atoms with Gasteiger partial charge in [-0.1, -0.05) is 17.3 Å². The van der Waals surface area contributed by atoms with Gasteiger partial charge in [0.2, 0.25) is 0 Å². The molecule has 1 aliphatic heterocycles. The molecule has 82 valence electrons. The van der Waals surface area contributed by atoms with Gasteiger partial charge in [-0.3, -0.25) is 0 Å². The standard InChI is InChI=1S/C12H11BrN2O/c1-15-5-4-8-2-3-9(6-10(8)15)11-7-12(13)14-16-11/h2-6,11H,7H2,1H3/t11-/m1/s1. The van der Waals surface area contributed by atoms with E-state index in [1.54, 1.807) is 0 Å². The van der Waals surface area contributed by atoms with Gasteiger partial charge in [0.15, 0.2) is 6.10 Å². The van der Waals surface area contributed by atoms with Gasteiger partial charge < -0.3 is 9.40 Å². The van der Waals surface area contributed by atoms with Crippen molar-refractivity contribution in [3.8, 4) is 0 Å². The summed E-state index contributed by atoms with van der Waals surface area (Å²) in [7, 11) is 2.05. The second kappa shape index (κ2) is 3.63. The molecule has 2 heterocycles. The fourth-order valence-corrected chi connectivity index (χ4v) is 2.38. The number of aryl methyl sites for hydroxylation is 1. The van der Waals surface area contributed by atoms with Gasteiger partial charge in [0.25, 0.3) is 0 Å². The van der Waals surface area contributed by atoms with Crippen LogP contribution in [0.2, 0.25) is 0 Å². The Balaban J connectivity index is 2.02. The van der Waals surface area contributed by atoms with Crippen LogP contribution in [0.25, 0.3) is 10.9 Å². The van der Waals surface area contributed by atoms with Crippen molar-refractivity contribution >= 4 is 31.5 Å². The van der Waals surface area contributed by atoms with Gasteiger partial charge in [0, 0.05) is 25.2 Å². The summed E-state index contributed by atoms with van der Waals surface area (Å²) in [6.45, 7) is 0. The third-order valence-corrected chi connectivity index (χ3v) is 3.39. The Hall–Kier alpha value is -1.29. The van der Waals surface area contributed by atoms with E-state index in [9.17, 15) is 0 Å². The highest BCUT2D eigenvalue weighted by Crippen LogP contribution is 2.30. The predicted molar refractivity (Wildman–Crippen MR) is 67.7 cm³/mol. The number of hydrogen-bond acceptors (Lipinski definition) is 2. The monoisotopic (exact) mass is 278 g/mol. The number of hydrogen-bond donors (Lipinski definition) is 0. The topological polar surface area (TPSA) is 26.5 Å². The molecular formula is C12H11BrN2O. The van der Waals surface area contributed by atoms with Crippen LogP contribution in [0.3, 0.4) is 0 Å². The van der Waals surface area contributed by atoms with Crippen LogP contribution in [0, 0.1) is 0 Å². The maximum atomic E-state index is 5.35. The molecule has 0 radical (unpaired) electrons. The van der Waals surface area contributed by atoms with Crippen LogP contribution in [-0.2, 0) is 11.9 Å². The smallest absolute Gasteiger partial charge is 0.158 e. The highest BCUT2D eigenvalue weighted by atomic mass is 79.9. The third kappa shape index (κ3) is 1.53. The molecule has 3 rings (SSSR count). The van der Waals surface area contributed by atoms with Crippen LogP contribution in [0.5, 0.6) is 0 Å². The minimum atomic E-state index is 0.0497. The number of aromatic nitrogens is 1. The van der Waals surface area contributed by atoms with Crippen molar-refractivity contribution in [1.82, 2.24) is 4.57 Å². The lowest BCUT2D eigenvalue weighted by Gasteiger charge is -2.08. The lowest BCUT2D eigenvalue weighted by molar-refractivity contribution is 0.0858. The highest BCUT2D eigenvalue weighted by Gasteiger charge is 2.21. The van der Waals surface area contributed by atoms with Crippen molar-refractivity contribution in [1.29, 1.82) is 0 Å². The molecule has 0 amide bonds. The van der Waals surface area contributed by atoms with Crippen LogP contribution >= 0.6 is 15.9 Å². The first-order valence-corrected chi connectivity index (χ1v) is 5.96. The van der Waals surface area contributed by atoms with Crippen LogP contribution in [0.4, 0.5) is 0 Å². The number of rotatable bonds is 1. The molecule has 0 spiro atoms. The number of oxime groups is 1. The lowest BCUT2D eigenvalue weighted by atomic mass is 10.1. The van der Waals surface area contributed by atoms with Crippen LogP contribution in [0.15, 0.2) is 35.6 Å². The molecule has 1 aromatic heterocycles. The minimum absolute atomic E-state index is 0.0497. The van der Waals surface area contributed by atoms with E-state index in [1.807, 2.05) is 7.05 Å². The Morgan fingerprint density at radius 3 is 3.06 bits per heavy atom. The van der Waals surface area contributed by atoms with Crippen LogP contribution in [-0.4, -0.2) is 9.19 Å². The molecular weight excluding hydrogens is 268 g/mol. The zero-order valence-electron chi connectivity index (χ0n) is 8.85. The first kappa shape index (κ1) is 9.90. The minimum Gasteiger partial charge on any atom is -0.386 e. The molecule has 1 atom stereocenters.